The lowest BCUT2D eigenvalue weighted by molar-refractivity contribution is -0.214. The second kappa shape index (κ2) is 8.30. The second-order valence-corrected chi connectivity index (χ2v) is 8.11. The first-order chi connectivity index (χ1) is 11.7. The largest absolute Gasteiger partial charge is 0.394 e. The third kappa shape index (κ3) is 5.01. The SMILES string of the molecule is CN(CC(O)C(O)C(O)C(O)CO)C(=O)C1=CC(C)(C)N(O)C(C)(C)C1. The van der Waals surface area contributed by atoms with E-state index in [4.69, 9.17) is 5.11 Å². The van der Waals surface area contributed by atoms with Crippen LogP contribution in [0.2, 0.25) is 0 Å². The van der Waals surface area contributed by atoms with Crippen LogP contribution >= 0.6 is 0 Å². The van der Waals surface area contributed by atoms with Crippen LogP contribution in [0.3, 0.4) is 0 Å². The standard InChI is InChI=1S/C17H32N2O7/c1-16(2)6-10(7-17(3,4)19(16)26)15(25)18(5)8-11(21)13(23)14(24)12(22)9-20/h6,11-14,20-24,26H,7-9H2,1-5H3. The minimum absolute atomic E-state index is 0.282. The lowest BCUT2D eigenvalue weighted by Gasteiger charge is -2.47. The first-order valence-electron chi connectivity index (χ1n) is 8.54. The topological polar surface area (TPSA) is 145 Å². The average molecular weight is 376 g/mol. The molecule has 1 heterocycles. The van der Waals surface area contributed by atoms with Gasteiger partial charge in [-0.3, -0.25) is 4.79 Å². The van der Waals surface area contributed by atoms with Crippen molar-refractivity contribution in [1.82, 2.24) is 9.96 Å². The number of likely N-dealkylation sites (N-methyl/N-ethyl adjacent to an activating group) is 1. The minimum Gasteiger partial charge on any atom is -0.394 e. The van der Waals surface area contributed by atoms with E-state index >= 15 is 0 Å². The molecule has 4 unspecified atom stereocenters. The van der Waals surface area contributed by atoms with Gasteiger partial charge >= 0.3 is 0 Å². The van der Waals surface area contributed by atoms with Gasteiger partial charge in [-0.15, -0.1) is 0 Å². The number of amides is 1. The minimum atomic E-state index is -1.74. The van der Waals surface area contributed by atoms with Crippen LogP contribution in [0.15, 0.2) is 11.6 Å². The number of rotatable bonds is 7. The van der Waals surface area contributed by atoms with Crippen molar-refractivity contribution in [3.63, 3.8) is 0 Å². The molecule has 9 nitrogen and oxygen atoms in total. The van der Waals surface area contributed by atoms with Gasteiger partial charge in [0, 0.05) is 24.7 Å². The molecule has 0 aromatic rings. The maximum absolute atomic E-state index is 12.7. The Morgan fingerprint density at radius 2 is 1.65 bits per heavy atom. The highest BCUT2D eigenvalue weighted by molar-refractivity contribution is 5.94. The number of carbonyl (C=O) groups excluding carboxylic acids is 1. The molecule has 6 N–H and O–H groups in total. The predicted octanol–water partition coefficient (Wildman–Crippen LogP) is -1.54. The van der Waals surface area contributed by atoms with Gasteiger partial charge < -0.3 is 35.6 Å². The van der Waals surface area contributed by atoms with E-state index in [-0.39, 0.29) is 12.5 Å². The summed E-state index contributed by atoms with van der Waals surface area (Å²) in [5, 5.41) is 59.2. The van der Waals surface area contributed by atoms with Gasteiger partial charge in [0.1, 0.15) is 24.4 Å². The molecule has 0 spiro atoms. The summed E-state index contributed by atoms with van der Waals surface area (Å²) in [6.45, 7) is 6.10. The van der Waals surface area contributed by atoms with Crippen LogP contribution in [-0.2, 0) is 4.79 Å². The van der Waals surface area contributed by atoms with Crippen molar-refractivity contribution in [2.24, 2.45) is 0 Å². The molecule has 1 aliphatic heterocycles. The molecule has 1 rings (SSSR count). The van der Waals surface area contributed by atoms with Crippen LogP contribution in [0.1, 0.15) is 34.1 Å². The highest BCUT2D eigenvalue weighted by Crippen LogP contribution is 2.36. The fourth-order valence-corrected chi connectivity index (χ4v) is 3.28. The Bertz CT molecular complexity index is 535. The van der Waals surface area contributed by atoms with Crippen molar-refractivity contribution in [1.29, 1.82) is 0 Å². The van der Waals surface area contributed by atoms with Gasteiger partial charge in [0.2, 0.25) is 5.91 Å². The van der Waals surface area contributed by atoms with Crippen molar-refractivity contribution in [3.05, 3.63) is 11.6 Å². The van der Waals surface area contributed by atoms with Crippen molar-refractivity contribution in [2.45, 2.75) is 69.6 Å². The van der Waals surface area contributed by atoms with Gasteiger partial charge in [-0.2, -0.15) is 5.06 Å². The third-order valence-corrected chi connectivity index (χ3v) is 4.68. The number of hydrogen-bond acceptors (Lipinski definition) is 8. The summed E-state index contributed by atoms with van der Waals surface area (Å²) in [5.41, 5.74) is -0.956. The highest BCUT2D eigenvalue weighted by atomic mass is 16.5. The lowest BCUT2D eigenvalue weighted by Crippen LogP contribution is -2.57. The summed E-state index contributed by atoms with van der Waals surface area (Å²) in [6, 6.07) is 0. The number of carbonyl (C=O) groups is 1. The van der Waals surface area contributed by atoms with E-state index in [9.17, 15) is 30.4 Å². The fourth-order valence-electron chi connectivity index (χ4n) is 3.28. The maximum Gasteiger partial charge on any atom is 0.249 e. The van der Waals surface area contributed by atoms with E-state index in [1.54, 1.807) is 33.8 Å². The van der Waals surface area contributed by atoms with E-state index in [1.807, 2.05) is 0 Å². The summed E-state index contributed by atoms with van der Waals surface area (Å²) < 4.78 is 0. The highest BCUT2D eigenvalue weighted by Gasteiger charge is 2.42. The number of nitrogens with zero attached hydrogens (tertiary/aromatic N) is 2. The zero-order chi connectivity index (χ0) is 20.4. The van der Waals surface area contributed by atoms with Crippen molar-refractivity contribution < 1.29 is 35.5 Å². The van der Waals surface area contributed by atoms with Gasteiger partial charge in [-0.05, 0) is 34.1 Å². The van der Waals surface area contributed by atoms with Crippen LogP contribution in [-0.4, -0.2) is 102 Å². The molecule has 0 aromatic heterocycles. The van der Waals surface area contributed by atoms with Gasteiger partial charge in [0.25, 0.3) is 0 Å². The van der Waals surface area contributed by atoms with Crippen molar-refractivity contribution in [2.75, 3.05) is 20.2 Å². The molecule has 9 heteroatoms. The fraction of sp³-hybridized carbons (Fsp3) is 0.824. The van der Waals surface area contributed by atoms with Crippen LogP contribution < -0.4 is 0 Å². The molecular weight excluding hydrogens is 344 g/mol. The first kappa shape index (κ1) is 23.0. The van der Waals surface area contributed by atoms with Crippen molar-refractivity contribution >= 4 is 5.91 Å². The lowest BCUT2D eigenvalue weighted by atomic mass is 9.82. The van der Waals surface area contributed by atoms with Gasteiger partial charge in [0.05, 0.1) is 12.1 Å². The van der Waals surface area contributed by atoms with E-state index < -0.39 is 42.1 Å². The molecule has 0 bridgehead atoms. The van der Waals surface area contributed by atoms with Crippen molar-refractivity contribution in [3.8, 4) is 0 Å². The zero-order valence-electron chi connectivity index (χ0n) is 16.0. The number of aliphatic hydroxyl groups is 5. The predicted molar refractivity (Wildman–Crippen MR) is 93.2 cm³/mol. The molecule has 26 heavy (non-hydrogen) atoms. The Balaban J connectivity index is 2.84. The molecule has 1 aliphatic rings. The monoisotopic (exact) mass is 376 g/mol. The summed E-state index contributed by atoms with van der Waals surface area (Å²) in [7, 11) is 1.44. The summed E-state index contributed by atoms with van der Waals surface area (Å²) in [6.07, 6.45) is -4.63. The summed E-state index contributed by atoms with van der Waals surface area (Å²) in [5.74, 6) is -0.373. The second-order valence-electron chi connectivity index (χ2n) is 8.11. The molecule has 4 atom stereocenters. The Hall–Kier alpha value is -1.07. The summed E-state index contributed by atoms with van der Waals surface area (Å²) in [4.78, 5) is 13.9. The van der Waals surface area contributed by atoms with Gasteiger partial charge in [-0.1, -0.05) is 6.08 Å². The van der Waals surface area contributed by atoms with Gasteiger partial charge in [-0.25, -0.2) is 0 Å². The Morgan fingerprint density at radius 3 is 2.12 bits per heavy atom. The molecule has 1 amide bonds. The Kier molecular flexibility index (Phi) is 7.33. The third-order valence-electron chi connectivity index (χ3n) is 4.68. The molecule has 0 saturated heterocycles. The average Bonchev–Trinajstić information content (AvgIpc) is 2.55. The number of hydroxylamine groups is 2. The summed E-state index contributed by atoms with van der Waals surface area (Å²) >= 11 is 0. The smallest absolute Gasteiger partial charge is 0.249 e. The first-order valence-corrected chi connectivity index (χ1v) is 8.54. The Morgan fingerprint density at radius 1 is 1.15 bits per heavy atom. The number of hydrogen-bond donors (Lipinski definition) is 6. The molecule has 0 aromatic carbocycles. The quantitative estimate of drug-likeness (QED) is 0.314. The zero-order valence-corrected chi connectivity index (χ0v) is 16.0. The van der Waals surface area contributed by atoms with Crippen LogP contribution in [0.4, 0.5) is 0 Å². The van der Waals surface area contributed by atoms with E-state index in [2.05, 4.69) is 0 Å². The van der Waals surface area contributed by atoms with Crippen LogP contribution in [0.5, 0.6) is 0 Å². The molecule has 0 saturated carbocycles. The van der Waals surface area contributed by atoms with E-state index in [1.165, 1.54) is 17.0 Å². The molecule has 0 radical (unpaired) electrons. The van der Waals surface area contributed by atoms with Crippen LogP contribution in [0, 0.1) is 0 Å². The molecule has 0 aliphatic carbocycles. The molecule has 152 valence electrons. The Labute approximate surface area is 153 Å². The number of aliphatic hydroxyl groups excluding tert-OH is 5. The normalized spacial score (nSPS) is 24.3. The van der Waals surface area contributed by atoms with E-state index in [0.717, 1.165) is 0 Å². The van der Waals surface area contributed by atoms with E-state index in [0.29, 0.717) is 12.0 Å². The molecular formula is C17H32N2O7. The maximum atomic E-state index is 12.7. The van der Waals surface area contributed by atoms with Gasteiger partial charge in [0.15, 0.2) is 0 Å². The molecule has 0 fully saturated rings. The van der Waals surface area contributed by atoms with Crippen LogP contribution in [0.25, 0.3) is 0 Å².